The zero-order valence-electron chi connectivity index (χ0n) is 8.73. The van der Waals surface area contributed by atoms with Crippen LogP contribution in [-0.4, -0.2) is 0 Å². The molecule has 0 radical (unpaired) electrons. The van der Waals surface area contributed by atoms with Gasteiger partial charge in [0.05, 0.1) is 0 Å². The minimum absolute atomic E-state index is 0. The van der Waals surface area contributed by atoms with Gasteiger partial charge in [0.15, 0.2) is 0 Å². The molecule has 0 saturated carbocycles. The van der Waals surface area contributed by atoms with Gasteiger partial charge in [-0.25, -0.2) is 0 Å². The first kappa shape index (κ1) is 11.7. The predicted octanol–water partition coefficient (Wildman–Crippen LogP) is 4.12. The average Bonchev–Trinajstić information content (AvgIpc) is 2.71. The molecule has 0 heterocycles. The predicted molar refractivity (Wildman–Crippen MR) is 64.0 cm³/mol. The van der Waals surface area contributed by atoms with Gasteiger partial charge >= 0.3 is 0 Å². The fourth-order valence-corrected chi connectivity index (χ4v) is 3.31. The molecule has 0 unspecified atom stereocenters. The quantitative estimate of drug-likeness (QED) is 0.634. The van der Waals surface area contributed by atoms with E-state index in [0.29, 0.717) is 0 Å². The van der Waals surface area contributed by atoms with Crippen LogP contribution in [0, 0.1) is 6.92 Å². The Morgan fingerprint density at radius 1 is 1.27 bits per heavy atom. The first-order valence-corrected chi connectivity index (χ1v) is 5.92. The molecule has 0 amide bonds. The molecule has 1 aliphatic carbocycles. The molecule has 0 nitrogen and oxygen atoms in total. The van der Waals surface area contributed by atoms with Crippen LogP contribution in [-0.2, 0) is 39.0 Å². The van der Waals surface area contributed by atoms with Crippen LogP contribution in [0.5, 0.6) is 0 Å². The molecule has 0 aliphatic heterocycles. The van der Waals surface area contributed by atoms with Crippen LogP contribution in [0.4, 0.5) is 0 Å². The van der Waals surface area contributed by atoms with Gasteiger partial charge in [-0.2, -0.15) is 6.07 Å². The fraction of sp³-hybridized carbons (Fsp3) is 0.308. The maximum Gasteiger partial charge on any atom is 0 e. The molecule has 0 spiro atoms. The summed E-state index contributed by atoms with van der Waals surface area (Å²) in [5, 5.41) is 2.79. The van der Waals surface area contributed by atoms with Gasteiger partial charge in [0.25, 0.3) is 0 Å². The minimum atomic E-state index is 0. The standard InChI is InChI=1S/C13H12Br.Zr/c1-8-5-10-7-9-3-2-4-11(9)13(14)12(10)6-8;/h5-7H,2-4H2,1H3;/q-1;. The molecule has 0 saturated heterocycles. The number of benzene rings is 1. The zero-order chi connectivity index (χ0) is 9.71. The van der Waals surface area contributed by atoms with Crippen molar-refractivity contribution in [1.82, 2.24) is 0 Å². The molecule has 0 N–H and O–H groups in total. The third-order valence-electron chi connectivity index (χ3n) is 3.16. The Bertz CT molecular complexity index is 511. The second kappa shape index (κ2) is 4.22. The normalized spacial score (nSPS) is 14.0. The van der Waals surface area contributed by atoms with Gasteiger partial charge in [-0.05, 0) is 29.3 Å². The van der Waals surface area contributed by atoms with E-state index in [4.69, 9.17) is 0 Å². The van der Waals surface area contributed by atoms with Gasteiger partial charge in [0.2, 0.25) is 0 Å². The largest absolute Gasteiger partial charge is 0.164 e. The number of fused-ring (bicyclic) bond motifs is 2. The van der Waals surface area contributed by atoms with Crippen molar-refractivity contribution in [2.24, 2.45) is 0 Å². The van der Waals surface area contributed by atoms with E-state index in [9.17, 15) is 0 Å². The minimum Gasteiger partial charge on any atom is -0.164 e. The van der Waals surface area contributed by atoms with Gasteiger partial charge in [-0.1, -0.05) is 28.4 Å². The van der Waals surface area contributed by atoms with E-state index in [0.717, 1.165) is 0 Å². The van der Waals surface area contributed by atoms with Crippen LogP contribution >= 0.6 is 15.9 Å². The molecule has 2 heteroatoms. The van der Waals surface area contributed by atoms with Gasteiger partial charge < -0.3 is 0 Å². The van der Waals surface area contributed by atoms with Crippen molar-refractivity contribution in [3.8, 4) is 0 Å². The topological polar surface area (TPSA) is 0 Å². The summed E-state index contributed by atoms with van der Waals surface area (Å²) in [6, 6.07) is 6.92. The maximum atomic E-state index is 3.75. The molecular weight excluding hydrogens is 327 g/mol. The first-order valence-electron chi connectivity index (χ1n) is 5.13. The molecule has 15 heavy (non-hydrogen) atoms. The summed E-state index contributed by atoms with van der Waals surface area (Å²) in [5.74, 6) is 0. The van der Waals surface area contributed by atoms with Crippen molar-refractivity contribution in [2.75, 3.05) is 0 Å². The number of aryl methyl sites for hydroxylation is 2. The van der Waals surface area contributed by atoms with E-state index < -0.39 is 0 Å². The van der Waals surface area contributed by atoms with Gasteiger partial charge in [0.1, 0.15) is 0 Å². The summed E-state index contributed by atoms with van der Waals surface area (Å²) in [7, 11) is 0. The van der Waals surface area contributed by atoms with Crippen LogP contribution in [0.3, 0.4) is 0 Å². The first-order chi connectivity index (χ1) is 6.75. The van der Waals surface area contributed by atoms with Crippen molar-refractivity contribution in [3.05, 3.63) is 39.4 Å². The van der Waals surface area contributed by atoms with E-state index >= 15 is 0 Å². The molecule has 2 aromatic carbocycles. The van der Waals surface area contributed by atoms with Crippen molar-refractivity contribution in [2.45, 2.75) is 26.2 Å². The Labute approximate surface area is 118 Å². The second-order valence-corrected chi connectivity index (χ2v) is 5.01. The molecule has 76 valence electrons. The molecule has 2 aromatic rings. The number of hydrogen-bond acceptors (Lipinski definition) is 0. The van der Waals surface area contributed by atoms with Crippen LogP contribution in [0.25, 0.3) is 10.8 Å². The van der Waals surface area contributed by atoms with Crippen molar-refractivity contribution >= 4 is 26.7 Å². The Morgan fingerprint density at radius 2 is 2.07 bits per heavy atom. The molecule has 0 atom stereocenters. The fourth-order valence-electron chi connectivity index (χ4n) is 2.51. The summed E-state index contributed by atoms with van der Waals surface area (Å²) in [4.78, 5) is 0. The summed E-state index contributed by atoms with van der Waals surface area (Å²) < 4.78 is 1.34. The van der Waals surface area contributed by atoms with Crippen molar-refractivity contribution in [1.29, 1.82) is 0 Å². The molecule has 1 aliphatic rings. The number of halogens is 1. The Kier molecular flexibility index (Phi) is 3.28. The SMILES string of the molecule is Cc1cc2c(Br)c3c(cc2[cH-]1)CCC3.[Zr]. The molecular formula is C13H12BrZr-. The third-order valence-corrected chi connectivity index (χ3v) is 4.06. The van der Waals surface area contributed by atoms with Gasteiger partial charge in [-0.15, -0.1) is 28.5 Å². The average molecular weight is 339 g/mol. The van der Waals surface area contributed by atoms with Gasteiger partial charge in [0, 0.05) is 26.2 Å². The summed E-state index contributed by atoms with van der Waals surface area (Å²) in [6.07, 6.45) is 3.82. The summed E-state index contributed by atoms with van der Waals surface area (Å²) >= 11 is 3.75. The van der Waals surface area contributed by atoms with Crippen molar-refractivity contribution in [3.63, 3.8) is 0 Å². The summed E-state index contributed by atoms with van der Waals surface area (Å²) in [6.45, 7) is 2.16. The molecule has 0 bridgehead atoms. The monoisotopic (exact) mass is 337 g/mol. The van der Waals surface area contributed by atoms with Crippen molar-refractivity contribution < 1.29 is 26.2 Å². The third kappa shape index (κ3) is 1.80. The van der Waals surface area contributed by atoms with E-state index in [1.165, 1.54) is 40.1 Å². The number of rotatable bonds is 0. The van der Waals surface area contributed by atoms with Gasteiger partial charge in [-0.3, -0.25) is 0 Å². The maximum absolute atomic E-state index is 3.75. The van der Waals surface area contributed by atoms with E-state index in [2.05, 4.69) is 41.1 Å². The van der Waals surface area contributed by atoms with E-state index in [1.54, 1.807) is 11.1 Å². The Hall–Kier alpha value is 0.193. The zero-order valence-corrected chi connectivity index (χ0v) is 12.8. The van der Waals surface area contributed by atoms with Crippen LogP contribution in [0.1, 0.15) is 23.1 Å². The summed E-state index contributed by atoms with van der Waals surface area (Å²) in [5.41, 5.74) is 4.46. The Balaban J connectivity index is 0.000000853. The van der Waals surface area contributed by atoms with Crippen LogP contribution in [0.15, 0.2) is 22.7 Å². The molecule has 0 fully saturated rings. The van der Waals surface area contributed by atoms with Crippen LogP contribution < -0.4 is 0 Å². The van der Waals surface area contributed by atoms with E-state index in [1.807, 2.05) is 0 Å². The smallest absolute Gasteiger partial charge is 0 e. The molecule has 3 rings (SSSR count). The Morgan fingerprint density at radius 3 is 2.87 bits per heavy atom. The second-order valence-electron chi connectivity index (χ2n) is 4.22. The van der Waals surface area contributed by atoms with E-state index in [-0.39, 0.29) is 26.2 Å². The molecule has 0 aromatic heterocycles. The number of hydrogen-bond donors (Lipinski definition) is 0. The van der Waals surface area contributed by atoms with Crippen LogP contribution in [0.2, 0.25) is 0 Å².